The van der Waals surface area contributed by atoms with Crippen molar-refractivity contribution in [1.29, 1.82) is 0 Å². The Morgan fingerprint density at radius 1 is 1.26 bits per heavy atom. The van der Waals surface area contributed by atoms with Crippen LogP contribution < -0.4 is 5.32 Å². The summed E-state index contributed by atoms with van der Waals surface area (Å²) in [5, 5.41) is 4.21. The molecule has 2 aromatic rings. The van der Waals surface area contributed by atoms with Crippen LogP contribution in [0.25, 0.3) is 0 Å². The van der Waals surface area contributed by atoms with E-state index in [-0.39, 0.29) is 5.03 Å². The molecular formula is C15H19Cl2N3O2S. The normalized spacial score (nSPS) is 12.4. The lowest BCUT2D eigenvalue weighted by Gasteiger charge is -2.18. The van der Waals surface area contributed by atoms with Gasteiger partial charge in [0.1, 0.15) is 5.15 Å². The van der Waals surface area contributed by atoms with Crippen LogP contribution in [0.5, 0.6) is 0 Å². The predicted octanol–water partition coefficient (Wildman–Crippen LogP) is 3.91. The summed E-state index contributed by atoms with van der Waals surface area (Å²) in [5.41, 5.74) is 1.62. The van der Waals surface area contributed by atoms with E-state index in [9.17, 15) is 8.42 Å². The van der Waals surface area contributed by atoms with E-state index in [1.54, 1.807) is 37.5 Å². The van der Waals surface area contributed by atoms with E-state index in [1.165, 1.54) is 12.3 Å². The molecule has 5 nitrogen and oxygen atoms in total. The minimum absolute atomic E-state index is 0.0699. The minimum Gasteiger partial charge on any atom is -0.378 e. The van der Waals surface area contributed by atoms with Gasteiger partial charge in [-0.3, -0.25) is 0 Å². The Balaban J connectivity index is 2.13. The molecule has 0 saturated heterocycles. The maximum Gasteiger partial charge on any atom is 0.200 e. The molecule has 0 spiro atoms. The van der Waals surface area contributed by atoms with Gasteiger partial charge in [0.25, 0.3) is 0 Å². The number of hydrogen-bond acceptors (Lipinski definition) is 4. The number of nitrogens with one attached hydrogen (secondary N) is 1. The molecular weight excluding hydrogens is 357 g/mol. The number of aromatic nitrogens is 2. The maximum absolute atomic E-state index is 12.3. The fourth-order valence-electron chi connectivity index (χ4n) is 1.91. The van der Waals surface area contributed by atoms with Gasteiger partial charge in [-0.25, -0.2) is 13.4 Å². The largest absolute Gasteiger partial charge is 0.378 e. The Hall–Kier alpha value is -1.24. The zero-order valence-corrected chi connectivity index (χ0v) is 15.7. The lowest BCUT2D eigenvalue weighted by molar-refractivity contribution is 0.556. The zero-order valence-electron chi connectivity index (χ0n) is 13.4. The quantitative estimate of drug-likeness (QED) is 0.879. The van der Waals surface area contributed by atoms with Gasteiger partial charge in [0.15, 0.2) is 14.9 Å². The molecule has 1 N–H and O–H groups in total. The van der Waals surface area contributed by atoms with E-state index in [0.717, 1.165) is 5.69 Å². The van der Waals surface area contributed by atoms with Crippen molar-refractivity contribution in [2.75, 3.05) is 5.32 Å². The highest BCUT2D eigenvalue weighted by Gasteiger charge is 2.31. The second-order valence-electron chi connectivity index (χ2n) is 6.19. The van der Waals surface area contributed by atoms with Gasteiger partial charge in [-0.05, 0) is 39.0 Å². The first-order chi connectivity index (χ1) is 10.5. The van der Waals surface area contributed by atoms with Gasteiger partial charge in [-0.15, -0.1) is 0 Å². The highest BCUT2D eigenvalue weighted by Crippen LogP contribution is 2.26. The van der Waals surface area contributed by atoms with Crippen molar-refractivity contribution in [3.05, 3.63) is 40.3 Å². The maximum atomic E-state index is 12.3. The van der Waals surface area contributed by atoms with E-state index in [1.807, 2.05) is 7.05 Å². The number of sulfone groups is 1. The van der Waals surface area contributed by atoms with Crippen LogP contribution in [-0.4, -0.2) is 22.7 Å². The number of pyridine rings is 1. The molecule has 0 aliphatic carbocycles. The number of nitrogens with zero attached hydrogens (tertiary/aromatic N) is 2. The number of rotatable bonds is 4. The van der Waals surface area contributed by atoms with Gasteiger partial charge in [0, 0.05) is 12.7 Å². The molecule has 23 heavy (non-hydrogen) atoms. The summed E-state index contributed by atoms with van der Waals surface area (Å²) in [6.45, 7) is 5.45. The van der Waals surface area contributed by atoms with Gasteiger partial charge >= 0.3 is 0 Å². The Morgan fingerprint density at radius 3 is 2.35 bits per heavy atom. The van der Waals surface area contributed by atoms with Crippen LogP contribution in [0.1, 0.15) is 26.5 Å². The van der Waals surface area contributed by atoms with E-state index in [0.29, 0.717) is 22.4 Å². The molecule has 0 fully saturated rings. The molecule has 0 aromatic carbocycles. The van der Waals surface area contributed by atoms with Crippen molar-refractivity contribution in [2.45, 2.75) is 37.1 Å². The third-order valence-electron chi connectivity index (χ3n) is 3.51. The van der Waals surface area contributed by atoms with E-state index in [4.69, 9.17) is 23.2 Å². The topological polar surface area (TPSA) is 64.0 Å². The van der Waals surface area contributed by atoms with Gasteiger partial charge in [-0.2, -0.15) is 0 Å². The van der Waals surface area contributed by atoms with Gasteiger partial charge < -0.3 is 9.88 Å². The first kappa shape index (κ1) is 18.1. The molecule has 2 rings (SSSR count). The summed E-state index contributed by atoms with van der Waals surface area (Å²) in [7, 11) is -1.63. The fraction of sp³-hybridized carbons (Fsp3) is 0.400. The molecule has 2 heterocycles. The molecule has 0 bridgehead atoms. The molecule has 0 amide bonds. The minimum atomic E-state index is -3.45. The van der Waals surface area contributed by atoms with Crippen LogP contribution in [0.4, 0.5) is 5.69 Å². The van der Waals surface area contributed by atoms with Crippen molar-refractivity contribution in [1.82, 2.24) is 9.55 Å². The van der Waals surface area contributed by atoms with E-state index >= 15 is 0 Å². The van der Waals surface area contributed by atoms with Crippen LogP contribution >= 0.6 is 23.2 Å². The summed E-state index contributed by atoms with van der Waals surface area (Å²) in [6, 6.07) is 4.98. The van der Waals surface area contributed by atoms with Gasteiger partial charge in [0.05, 0.1) is 28.2 Å². The summed E-state index contributed by atoms with van der Waals surface area (Å²) in [4.78, 5) is 4.06. The predicted molar refractivity (Wildman–Crippen MR) is 93.9 cm³/mol. The smallest absolute Gasteiger partial charge is 0.200 e. The number of hydrogen-bond donors (Lipinski definition) is 1. The summed E-state index contributed by atoms with van der Waals surface area (Å²) < 4.78 is 25.5. The second kappa shape index (κ2) is 6.34. The monoisotopic (exact) mass is 375 g/mol. The molecule has 2 aromatic heterocycles. The Morgan fingerprint density at radius 2 is 1.91 bits per heavy atom. The first-order valence-corrected chi connectivity index (χ1v) is 9.22. The van der Waals surface area contributed by atoms with Crippen molar-refractivity contribution in [3.63, 3.8) is 0 Å². The lowest BCUT2D eigenvalue weighted by Crippen LogP contribution is -2.28. The molecule has 0 unspecified atom stereocenters. The third-order valence-corrected chi connectivity index (χ3v) is 6.75. The fourth-order valence-corrected chi connectivity index (χ4v) is 3.39. The average molecular weight is 376 g/mol. The van der Waals surface area contributed by atoms with Gasteiger partial charge in [0.2, 0.25) is 0 Å². The second-order valence-corrected chi connectivity index (χ2v) is 9.60. The highest BCUT2D eigenvalue weighted by molar-refractivity contribution is 7.92. The van der Waals surface area contributed by atoms with Crippen molar-refractivity contribution >= 4 is 38.7 Å². The molecule has 0 saturated carbocycles. The summed E-state index contributed by atoms with van der Waals surface area (Å²) in [6.07, 6.45) is 1.50. The molecule has 126 valence electrons. The van der Waals surface area contributed by atoms with E-state index < -0.39 is 14.6 Å². The molecule has 0 aliphatic rings. The van der Waals surface area contributed by atoms with Crippen LogP contribution in [-0.2, 0) is 23.4 Å². The van der Waals surface area contributed by atoms with Crippen LogP contribution in [0.3, 0.4) is 0 Å². The third kappa shape index (κ3) is 3.65. The van der Waals surface area contributed by atoms with Crippen LogP contribution in [0, 0.1) is 0 Å². The Kier molecular flexibility index (Phi) is 4.99. The SMILES string of the molecule is Cn1c(CNc2ccc(S(=O)(=O)C(C)(C)C)nc2)cc(Cl)c1Cl. The summed E-state index contributed by atoms with van der Waals surface area (Å²) >= 11 is 12.0. The Labute approximate surface area is 146 Å². The highest BCUT2D eigenvalue weighted by atomic mass is 35.5. The van der Waals surface area contributed by atoms with Crippen molar-refractivity contribution < 1.29 is 8.42 Å². The molecule has 0 radical (unpaired) electrons. The van der Waals surface area contributed by atoms with Gasteiger partial charge in [-0.1, -0.05) is 23.2 Å². The average Bonchev–Trinajstić information content (AvgIpc) is 2.71. The molecule has 0 aliphatic heterocycles. The van der Waals surface area contributed by atoms with Crippen LogP contribution in [0.2, 0.25) is 10.2 Å². The zero-order chi connectivity index (χ0) is 17.4. The molecule has 0 atom stereocenters. The first-order valence-electron chi connectivity index (χ1n) is 6.98. The van der Waals surface area contributed by atoms with Crippen molar-refractivity contribution in [2.24, 2.45) is 7.05 Å². The lowest BCUT2D eigenvalue weighted by atomic mass is 10.3. The van der Waals surface area contributed by atoms with Crippen LogP contribution in [0.15, 0.2) is 29.4 Å². The standard InChI is InChI=1S/C15H19Cl2N3O2S/c1-15(2,3)23(21,22)13-6-5-10(8-19-13)18-9-11-7-12(16)14(17)20(11)4/h5-8,18H,9H2,1-4H3. The Bertz CT molecular complexity index is 806. The van der Waals surface area contributed by atoms with Crippen molar-refractivity contribution in [3.8, 4) is 0 Å². The number of anilines is 1. The summed E-state index contributed by atoms with van der Waals surface area (Å²) in [5.74, 6) is 0. The molecule has 8 heteroatoms. The van der Waals surface area contributed by atoms with E-state index in [2.05, 4.69) is 10.3 Å². The number of halogens is 2.